The largest absolute Gasteiger partial charge is 0.504 e. The van der Waals surface area contributed by atoms with Gasteiger partial charge in [0.15, 0.2) is 0 Å². The summed E-state index contributed by atoms with van der Waals surface area (Å²) in [5.41, 5.74) is -12.3. The molecule has 0 aromatic carbocycles. The van der Waals surface area contributed by atoms with Crippen LogP contribution in [0.4, 0.5) is 26.3 Å². The number of alkyl halides is 6. The third-order valence-corrected chi connectivity index (χ3v) is 11.0. The van der Waals surface area contributed by atoms with Crippen molar-refractivity contribution in [1.82, 2.24) is 0 Å². The molecule has 1 atom stereocenters. The molecule has 0 aliphatic heterocycles. The van der Waals surface area contributed by atoms with Crippen molar-refractivity contribution in [3.05, 3.63) is 0 Å². The van der Waals surface area contributed by atoms with Crippen molar-refractivity contribution in [3.63, 3.8) is 0 Å². The molecule has 0 aromatic heterocycles. The Kier molecular flexibility index (Phi) is 16.5. The van der Waals surface area contributed by atoms with Gasteiger partial charge in [0.25, 0.3) is 0 Å². The van der Waals surface area contributed by atoms with Crippen LogP contribution in [0.2, 0.25) is 0 Å². The summed E-state index contributed by atoms with van der Waals surface area (Å²) in [5.74, 6) is 0. The molecule has 0 bridgehead atoms. The number of hydrogen-bond acceptors (Lipinski definition) is 4. The lowest BCUT2D eigenvalue weighted by Crippen LogP contribution is -2.64. The average molecular weight is 595 g/mol. The molecular formula is C23H48F6N2O4S2+2. The van der Waals surface area contributed by atoms with Crippen molar-refractivity contribution in [2.75, 3.05) is 47.3 Å². The van der Waals surface area contributed by atoms with Crippen molar-refractivity contribution in [2.24, 2.45) is 0 Å². The standard InChI is InChI=1S/C13H24F6NO4S2.C10H24N/c1-4-6-7-8-10-20(3,9-5-2)11(25(21,22)12(14,15)16)26(23,24)13(17,18)19;1-5-7-8-10-11(3,4)9-6-2/h11H,4-10H2,1-3H3;5-10H2,1-4H3/q2*+1. The lowest BCUT2D eigenvalue weighted by atomic mass is 10.2. The molecule has 0 aliphatic rings. The topological polar surface area (TPSA) is 68.3 Å². The van der Waals surface area contributed by atoms with E-state index in [0.29, 0.717) is 12.8 Å². The van der Waals surface area contributed by atoms with Gasteiger partial charge >= 0.3 is 35.4 Å². The van der Waals surface area contributed by atoms with Crippen molar-refractivity contribution >= 4 is 19.7 Å². The highest BCUT2D eigenvalue weighted by Gasteiger charge is 2.69. The Labute approximate surface area is 220 Å². The molecule has 0 saturated carbocycles. The Morgan fingerprint density at radius 3 is 1.27 bits per heavy atom. The summed E-state index contributed by atoms with van der Waals surface area (Å²) in [6.45, 7) is 9.53. The van der Waals surface area contributed by atoms with Crippen LogP contribution in [0.5, 0.6) is 0 Å². The van der Waals surface area contributed by atoms with Crippen LogP contribution in [0.1, 0.15) is 85.5 Å². The van der Waals surface area contributed by atoms with Gasteiger partial charge in [-0.3, -0.25) is 4.48 Å². The SMILES string of the molecule is CCCCCC[N+](C)(CCC)C(S(=O)(=O)C(F)(F)F)S(=O)(=O)C(F)(F)F.CCCCC[N+](C)(C)CCC. The summed E-state index contributed by atoms with van der Waals surface area (Å²) in [7, 11) is -7.80. The van der Waals surface area contributed by atoms with Gasteiger partial charge in [-0.15, -0.1) is 0 Å². The fourth-order valence-corrected chi connectivity index (χ4v) is 8.51. The molecular weight excluding hydrogens is 546 g/mol. The third kappa shape index (κ3) is 12.4. The number of hydrogen-bond donors (Lipinski definition) is 0. The highest BCUT2D eigenvalue weighted by molar-refractivity contribution is 8.09. The minimum atomic E-state index is -6.64. The molecule has 0 amide bonds. The van der Waals surface area contributed by atoms with E-state index < -0.39 is 53.0 Å². The third-order valence-electron chi connectivity index (χ3n) is 6.14. The van der Waals surface area contributed by atoms with E-state index in [4.69, 9.17) is 0 Å². The van der Waals surface area contributed by atoms with Crippen LogP contribution < -0.4 is 0 Å². The zero-order valence-electron chi connectivity index (χ0n) is 23.4. The van der Waals surface area contributed by atoms with E-state index >= 15 is 0 Å². The highest BCUT2D eigenvalue weighted by atomic mass is 32.3. The normalized spacial score (nSPS) is 15.3. The molecule has 14 heteroatoms. The van der Waals surface area contributed by atoms with E-state index in [1.165, 1.54) is 50.2 Å². The quantitative estimate of drug-likeness (QED) is 0.121. The summed E-state index contributed by atoms with van der Waals surface area (Å²) in [6, 6.07) is 0. The Morgan fingerprint density at radius 1 is 0.541 bits per heavy atom. The first kappa shape index (κ1) is 38.5. The summed E-state index contributed by atoms with van der Waals surface area (Å²) < 4.78 is 121. The fourth-order valence-electron chi connectivity index (χ4n) is 4.31. The fraction of sp³-hybridized carbons (Fsp3) is 1.00. The van der Waals surface area contributed by atoms with Crippen molar-refractivity contribution in [3.8, 4) is 0 Å². The van der Waals surface area contributed by atoms with Gasteiger partial charge in [-0.25, -0.2) is 16.8 Å². The van der Waals surface area contributed by atoms with Gasteiger partial charge < -0.3 is 4.48 Å². The number of unbranched alkanes of at least 4 members (excludes halogenated alkanes) is 5. The number of rotatable bonds is 16. The first-order valence-electron chi connectivity index (χ1n) is 12.9. The van der Waals surface area contributed by atoms with Crippen LogP contribution in [-0.4, -0.2) is 88.8 Å². The highest BCUT2D eigenvalue weighted by Crippen LogP contribution is 2.40. The van der Waals surface area contributed by atoms with Crippen molar-refractivity contribution < 1.29 is 52.1 Å². The van der Waals surface area contributed by atoms with E-state index in [2.05, 4.69) is 27.9 Å². The first-order chi connectivity index (χ1) is 16.6. The van der Waals surface area contributed by atoms with Gasteiger partial charge in [-0.2, -0.15) is 26.3 Å². The lowest BCUT2D eigenvalue weighted by molar-refractivity contribution is -0.908. The molecule has 0 rings (SSSR count). The maximum absolute atomic E-state index is 13.0. The Morgan fingerprint density at radius 2 is 0.919 bits per heavy atom. The number of nitrogens with zero attached hydrogens (tertiary/aromatic N) is 2. The number of halogens is 6. The van der Waals surface area contributed by atoms with Gasteiger partial charge in [0, 0.05) is 0 Å². The summed E-state index contributed by atoms with van der Waals surface area (Å²) in [6.07, 6.45) is 7.32. The molecule has 226 valence electrons. The smallest absolute Gasteiger partial charge is 0.328 e. The minimum absolute atomic E-state index is 0.00152. The van der Waals surface area contributed by atoms with Crippen LogP contribution >= 0.6 is 0 Å². The number of quaternary nitrogens is 2. The molecule has 37 heavy (non-hydrogen) atoms. The van der Waals surface area contributed by atoms with Gasteiger partial charge in [0.2, 0.25) is 0 Å². The zero-order valence-corrected chi connectivity index (χ0v) is 25.0. The van der Waals surface area contributed by atoms with Gasteiger partial charge in [0.05, 0.1) is 47.3 Å². The van der Waals surface area contributed by atoms with Crippen molar-refractivity contribution in [2.45, 2.75) is 101 Å². The summed E-state index contributed by atoms with van der Waals surface area (Å²) in [5, 5.41) is 0. The molecule has 0 spiro atoms. The molecule has 0 fully saturated rings. The predicted octanol–water partition coefficient (Wildman–Crippen LogP) is 6.24. The van der Waals surface area contributed by atoms with Crippen LogP contribution in [0.3, 0.4) is 0 Å². The lowest BCUT2D eigenvalue weighted by Gasteiger charge is -2.40. The van der Waals surface area contributed by atoms with E-state index in [1.54, 1.807) is 0 Å². The van der Waals surface area contributed by atoms with E-state index in [0.717, 1.165) is 13.5 Å². The van der Waals surface area contributed by atoms with Gasteiger partial charge in [-0.1, -0.05) is 47.0 Å². The summed E-state index contributed by atoms with van der Waals surface area (Å²) >= 11 is 0. The minimum Gasteiger partial charge on any atom is -0.328 e. The summed E-state index contributed by atoms with van der Waals surface area (Å²) in [4.78, 5) is 0. The molecule has 0 N–H and O–H groups in total. The molecule has 0 aliphatic carbocycles. The molecule has 6 nitrogen and oxygen atoms in total. The van der Waals surface area contributed by atoms with Gasteiger partial charge in [-0.05, 0) is 38.5 Å². The second-order valence-electron chi connectivity index (χ2n) is 10.4. The molecule has 1 unspecified atom stereocenters. The molecule has 0 heterocycles. The van der Waals surface area contributed by atoms with Crippen LogP contribution in [-0.2, 0) is 19.7 Å². The monoisotopic (exact) mass is 594 g/mol. The second kappa shape index (κ2) is 15.9. The molecule has 0 radical (unpaired) electrons. The molecule has 0 aromatic rings. The van der Waals surface area contributed by atoms with E-state index in [-0.39, 0.29) is 12.8 Å². The maximum atomic E-state index is 13.0. The first-order valence-corrected chi connectivity index (χ1v) is 16.0. The van der Waals surface area contributed by atoms with Crippen LogP contribution in [0.15, 0.2) is 0 Å². The Bertz CT molecular complexity index is 800. The van der Waals surface area contributed by atoms with Crippen LogP contribution in [0.25, 0.3) is 0 Å². The van der Waals surface area contributed by atoms with E-state index in [9.17, 15) is 43.2 Å². The Hall–Kier alpha value is -0.600. The maximum Gasteiger partial charge on any atom is 0.504 e. The predicted molar refractivity (Wildman–Crippen MR) is 136 cm³/mol. The average Bonchev–Trinajstić information content (AvgIpc) is 2.70. The Balaban J connectivity index is 0. The second-order valence-corrected chi connectivity index (χ2v) is 14.7. The molecule has 0 saturated heterocycles. The van der Waals surface area contributed by atoms with Crippen molar-refractivity contribution in [1.29, 1.82) is 0 Å². The van der Waals surface area contributed by atoms with Gasteiger partial charge in [0.1, 0.15) is 0 Å². The van der Waals surface area contributed by atoms with Crippen LogP contribution in [0, 0.1) is 0 Å². The van der Waals surface area contributed by atoms with E-state index in [1.807, 2.05) is 6.92 Å². The number of sulfone groups is 2. The zero-order chi connectivity index (χ0) is 29.8.